The van der Waals surface area contributed by atoms with Crippen LogP contribution < -0.4 is 10.1 Å². The van der Waals surface area contributed by atoms with E-state index in [2.05, 4.69) is 10.3 Å². The average Bonchev–Trinajstić information content (AvgIpc) is 2.95. The van der Waals surface area contributed by atoms with Gasteiger partial charge in [0, 0.05) is 11.3 Å². The van der Waals surface area contributed by atoms with E-state index in [0.717, 1.165) is 10.6 Å². The number of ether oxygens (including phenoxy) is 1. The SMILES string of the molecule is Cc1nc(NC(=O)COc2ccccc2F)sc1Cc1ccccc1F. The van der Waals surface area contributed by atoms with Crippen LogP contribution in [0.5, 0.6) is 5.75 Å². The predicted molar refractivity (Wildman–Crippen MR) is 96.6 cm³/mol. The summed E-state index contributed by atoms with van der Waals surface area (Å²) in [5, 5.41) is 3.02. The Bertz CT molecular complexity index is 927. The smallest absolute Gasteiger partial charge is 0.264 e. The number of hydrogen-bond donors (Lipinski definition) is 1. The Labute approximate surface area is 153 Å². The summed E-state index contributed by atoms with van der Waals surface area (Å²) in [6, 6.07) is 12.4. The number of benzene rings is 2. The molecule has 0 unspecified atom stereocenters. The van der Waals surface area contributed by atoms with Crippen molar-refractivity contribution in [2.24, 2.45) is 0 Å². The first-order valence-corrected chi connectivity index (χ1v) is 8.71. The molecule has 4 nitrogen and oxygen atoms in total. The monoisotopic (exact) mass is 374 g/mol. The maximum atomic E-state index is 13.8. The molecule has 1 aromatic heterocycles. The molecule has 0 spiro atoms. The van der Waals surface area contributed by atoms with Crippen molar-refractivity contribution in [3.8, 4) is 5.75 Å². The number of carbonyl (C=O) groups excluding carboxylic acids is 1. The fraction of sp³-hybridized carbons (Fsp3) is 0.158. The van der Waals surface area contributed by atoms with Crippen LogP contribution in [0, 0.1) is 18.6 Å². The van der Waals surface area contributed by atoms with Gasteiger partial charge in [-0.25, -0.2) is 13.8 Å². The number of amides is 1. The molecule has 0 bridgehead atoms. The van der Waals surface area contributed by atoms with Gasteiger partial charge in [-0.2, -0.15) is 0 Å². The third-order valence-corrected chi connectivity index (χ3v) is 4.72. The van der Waals surface area contributed by atoms with Crippen LogP contribution in [0.2, 0.25) is 0 Å². The number of thiazole rings is 1. The fourth-order valence-electron chi connectivity index (χ4n) is 2.32. The molecule has 0 saturated heterocycles. The lowest BCUT2D eigenvalue weighted by molar-refractivity contribution is -0.118. The Morgan fingerprint density at radius 1 is 1.12 bits per heavy atom. The van der Waals surface area contributed by atoms with E-state index in [4.69, 9.17) is 4.74 Å². The minimum atomic E-state index is -0.530. The van der Waals surface area contributed by atoms with Crippen LogP contribution in [-0.4, -0.2) is 17.5 Å². The van der Waals surface area contributed by atoms with Crippen LogP contribution in [0.15, 0.2) is 48.5 Å². The predicted octanol–water partition coefficient (Wildman–Crippen LogP) is 4.34. The molecule has 26 heavy (non-hydrogen) atoms. The summed E-state index contributed by atoms with van der Waals surface area (Å²) in [4.78, 5) is 17.1. The molecular weight excluding hydrogens is 358 g/mol. The molecule has 0 aliphatic rings. The van der Waals surface area contributed by atoms with Gasteiger partial charge in [0.15, 0.2) is 23.3 Å². The minimum absolute atomic E-state index is 0.0122. The summed E-state index contributed by atoms with van der Waals surface area (Å²) in [7, 11) is 0. The minimum Gasteiger partial charge on any atom is -0.481 e. The third-order valence-electron chi connectivity index (χ3n) is 3.64. The van der Waals surface area contributed by atoms with Crippen LogP contribution in [-0.2, 0) is 11.2 Å². The molecule has 3 aromatic rings. The van der Waals surface area contributed by atoms with Crippen molar-refractivity contribution in [2.45, 2.75) is 13.3 Å². The molecule has 0 aliphatic heterocycles. The van der Waals surface area contributed by atoms with Crippen molar-refractivity contribution in [1.29, 1.82) is 0 Å². The van der Waals surface area contributed by atoms with E-state index in [0.29, 0.717) is 17.1 Å². The molecule has 1 N–H and O–H groups in total. The first kappa shape index (κ1) is 18.0. The van der Waals surface area contributed by atoms with E-state index < -0.39 is 11.7 Å². The number of rotatable bonds is 6. The lowest BCUT2D eigenvalue weighted by Gasteiger charge is -2.06. The first-order valence-electron chi connectivity index (χ1n) is 7.90. The van der Waals surface area contributed by atoms with E-state index in [9.17, 15) is 13.6 Å². The second-order valence-electron chi connectivity index (χ2n) is 5.56. The zero-order valence-corrected chi connectivity index (χ0v) is 14.8. The van der Waals surface area contributed by atoms with Gasteiger partial charge < -0.3 is 4.74 Å². The van der Waals surface area contributed by atoms with E-state index in [1.807, 2.05) is 0 Å². The number of aryl methyl sites for hydroxylation is 1. The number of carbonyl (C=O) groups is 1. The molecule has 0 radical (unpaired) electrons. The van der Waals surface area contributed by atoms with Crippen LogP contribution in [0.4, 0.5) is 13.9 Å². The Morgan fingerprint density at radius 3 is 2.54 bits per heavy atom. The Morgan fingerprint density at radius 2 is 1.81 bits per heavy atom. The highest BCUT2D eigenvalue weighted by Gasteiger charge is 2.13. The lowest BCUT2D eigenvalue weighted by atomic mass is 10.1. The maximum absolute atomic E-state index is 13.8. The zero-order valence-electron chi connectivity index (χ0n) is 14.0. The first-order chi connectivity index (χ1) is 12.5. The van der Waals surface area contributed by atoms with Crippen molar-refractivity contribution in [3.63, 3.8) is 0 Å². The van der Waals surface area contributed by atoms with E-state index in [-0.39, 0.29) is 18.2 Å². The number of aromatic nitrogens is 1. The summed E-state index contributed by atoms with van der Waals surface area (Å²) in [6.07, 6.45) is 0.401. The highest BCUT2D eigenvalue weighted by atomic mass is 32.1. The van der Waals surface area contributed by atoms with Crippen molar-refractivity contribution in [3.05, 3.63) is 76.3 Å². The van der Waals surface area contributed by atoms with Crippen molar-refractivity contribution >= 4 is 22.4 Å². The second kappa shape index (κ2) is 8.05. The van der Waals surface area contributed by atoms with Crippen molar-refractivity contribution < 1.29 is 18.3 Å². The van der Waals surface area contributed by atoms with Gasteiger partial charge in [0.1, 0.15) is 5.82 Å². The Kier molecular flexibility index (Phi) is 5.58. The standard InChI is InChI=1S/C19H16F2N2O2S/c1-12-17(10-13-6-2-3-7-14(13)20)26-19(22-12)23-18(24)11-25-16-9-5-4-8-15(16)21/h2-9H,10-11H2,1H3,(H,22,23,24). The second-order valence-corrected chi connectivity index (χ2v) is 6.65. The fourth-order valence-corrected chi connectivity index (χ4v) is 3.32. The molecule has 7 heteroatoms. The van der Waals surface area contributed by atoms with Gasteiger partial charge in [0.25, 0.3) is 5.91 Å². The summed E-state index contributed by atoms with van der Waals surface area (Å²) < 4.78 is 32.4. The summed E-state index contributed by atoms with van der Waals surface area (Å²) in [6.45, 7) is 1.47. The van der Waals surface area contributed by atoms with E-state index >= 15 is 0 Å². The molecule has 1 amide bonds. The molecule has 0 aliphatic carbocycles. The molecule has 134 valence electrons. The van der Waals surface area contributed by atoms with E-state index in [1.54, 1.807) is 31.2 Å². The number of hydrogen-bond acceptors (Lipinski definition) is 4. The maximum Gasteiger partial charge on any atom is 0.264 e. The van der Waals surface area contributed by atoms with Gasteiger partial charge in [0.2, 0.25) is 0 Å². The average molecular weight is 374 g/mol. The topological polar surface area (TPSA) is 51.2 Å². The van der Waals surface area contributed by atoms with Gasteiger partial charge in [-0.15, -0.1) is 11.3 Å². The number of nitrogens with zero attached hydrogens (tertiary/aromatic N) is 1. The van der Waals surface area contributed by atoms with Crippen LogP contribution in [0.25, 0.3) is 0 Å². The molecule has 2 aromatic carbocycles. The largest absolute Gasteiger partial charge is 0.481 e. The number of anilines is 1. The summed E-state index contributed by atoms with van der Waals surface area (Å²) in [5.41, 5.74) is 1.29. The molecule has 0 saturated carbocycles. The molecule has 0 fully saturated rings. The van der Waals surface area contributed by atoms with Gasteiger partial charge >= 0.3 is 0 Å². The van der Waals surface area contributed by atoms with Crippen molar-refractivity contribution in [1.82, 2.24) is 4.98 Å². The van der Waals surface area contributed by atoms with Crippen molar-refractivity contribution in [2.75, 3.05) is 11.9 Å². The number of para-hydroxylation sites is 1. The molecule has 3 rings (SSSR count). The van der Waals surface area contributed by atoms with Gasteiger partial charge in [0.05, 0.1) is 5.69 Å². The number of nitrogens with one attached hydrogen (secondary N) is 1. The normalized spacial score (nSPS) is 10.6. The van der Waals surface area contributed by atoms with E-state index in [1.165, 1.54) is 35.6 Å². The van der Waals surface area contributed by atoms with Gasteiger partial charge in [-0.1, -0.05) is 30.3 Å². The van der Waals surface area contributed by atoms with Gasteiger partial charge in [-0.3, -0.25) is 10.1 Å². The highest BCUT2D eigenvalue weighted by molar-refractivity contribution is 7.15. The third kappa shape index (κ3) is 4.43. The highest BCUT2D eigenvalue weighted by Crippen LogP contribution is 2.26. The summed E-state index contributed by atoms with van der Waals surface area (Å²) in [5.74, 6) is -1.24. The Hall–Kier alpha value is -2.80. The van der Waals surface area contributed by atoms with Crippen LogP contribution in [0.3, 0.4) is 0 Å². The lowest BCUT2D eigenvalue weighted by Crippen LogP contribution is -2.20. The molecule has 0 atom stereocenters. The van der Waals surface area contributed by atoms with Gasteiger partial charge in [-0.05, 0) is 30.7 Å². The summed E-state index contributed by atoms with van der Waals surface area (Å²) >= 11 is 1.28. The number of halogens is 2. The Balaban J connectivity index is 1.61. The quantitative estimate of drug-likeness (QED) is 0.698. The van der Waals surface area contributed by atoms with Crippen LogP contribution in [0.1, 0.15) is 16.1 Å². The molecule has 1 heterocycles. The van der Waals surface area contributed by atoms with Crippen LogP contribution >= 0.6 is 11.3 Å². The zero-order chi connectivity index (χ0) is 18.5. The molecular formula is C19H16F2N2O2S.